The molecule has 0 aliphatic carbocycles. The van der Waals surface area contributed by atoms with Gasteiger partial charge in [-0.05, 0) is 19.3 Å². The van der Waals surface area contributed by atoms with Crippen LogP contribution >= 0.6 is 0 Å². The Morgan fingerprint density at radius 3 is 2.56 bits per heavy atom. The Kier molecular flexibility index (Phi) is 4.97. The summed E-state index contributed by atoms with van der Waals surface area (Å²) in [6.07, 6.45) is 3.41. The second-order valence-corrected chi connectivity index (χ2v) is 5.57. The average molecular weight is 255 g/mol. The van der Waals surface area contributed by atoms with Crippen molar-refractivity contribution < 1.29 is 9.53 Å². The maximum atomic E-state index is 11.6. The molecule has 0 saturated carbocycles. The third-order valence-electron chi connectivity index (χ3n) is 3.85. The van der Waals surface area contributed by atoms with Crippen molar-refractivity contribution >= 4 is 5.91 Å². The Morgan fingerprint density at radius 1 is 1.28 bits per heavy atom. The minimum atomic E-state index is 0.200. The largest absolute Gasteiger partial charge is 0.380 e. The fourth-order valence-electron chi connectivity index (χ4n) is 2.59. The molecule has 0 aromatic heterocycles. The number of hydrogen-bond acceptors (Lipinski definition) is 4. The minimum Gasteiger partial charge on any atom is -0.380 e. The number of hydrogen-bond donors (Lipinski definition) is 1. The number of rotatable bonds is 4. The summed E-state index contributed by atoms with van der Waals surface area (Å²) in [5.74, 6) is 0.200. The smallest absolute Gasteiger partial charge is 0.236 e. The van der Waals surface area contributed by atoms with Gasteiger partial charge in [0.25, 0.3) is 0 Å². The summed E-state index contributed by atoms with van der Waals surface area (Å²) in [5, 5.41) is 3.67. The first-order valence-electron chi connectivity index (χ1n) is 6.91. The molecule has 2 rings (SSSR count). The summed E-state index contributed by atoms with van der Waals surface area (Å²) in [5.41, 5.74) is 0. The van der Waals surface area contributed by atoms with E-state index < -0.39 is 0 Å². The van der Waals surface area contributed by atoms with Crippen molar-refractivity contribution in [3.8, 4) is 0 Å². The van der Waals surface area contributed by atoms with Gasteiger partial charge in [0.05, 0.1) is 13.2 Å². The molecule has 5 heteroatoms. The highest BCUT2D eigenvalue weighted by molar-refractivity contribution is 5.77. The number of carbonyl (C=O) groups is 1. The number of ether oxygens (including phenoxy) is 1. The number of nitrogens with zero attached hydrogens (tertiary/aromatic N) is 2. The molecule has 2 fully saturated rings. The van der Waals surface area contributed by atoms with Gasteiger partial charge in [-0.2, -0.15) is 0 Å². The van der Waals surface area contributed by atoms with Crippen molar-refractivity contribution in [2.45, 2.75) is 31.3 Å². The van der Waals surface area contributed by atoms with Crippen LogP contribution in [0.15, 0.2) is 0 Å². The second-order valence-electron chi connectivity index (χ2n) is 5.57. The molecule has 2 saturated heterocycles. The topological polar surface area (TPSA) is 44.8 Å². The van der Waals surface area contributed by atoms with Gasteiger partial charge in [0.1, 0.15) is 0 Å². The third kappa shape index (κ3) is 3.93. The molecule has 0 bridgehead atoms. The maximum absolute atomic E-state index is 11.6. The maximum Gasteiger partial charge on any atom is 0.236 e. The molecule has 1 atom stereocenters. The number of likely N-dealkylation sites (tertiary alicyclic amines) is 1. The molecule has 2 aliphatic rings. The van der Waals surface area contributed by atoms with E-state index in [2.05, 4.69) is 10.2 Å². The molecule has 5 nitrogen and oxygen atoms in total. The first kappa shape index (κ1) is 13.8. The quantitative estimate of drug-likeness (QED) is 0.763. The number of likely N-dealkylation sites (N-methyl/N-ethyl adjacent to an activating group) is 1. The lowest BCUT2D eigenvalue weighted by Gasteiger charge is -2.33. The number of amides is 1. The summed E-state index contributed by atoms with van der Waals surface area (Å²) >= 11 is 0. The lowest BCUT2D eigenvalue weighted by atomic mass is 10.0. The standard InChI is InChI=1S/C13H25N3O2/c1-15(2)13(17)9-16-6-3-11(4-7-16)14-12-5-8-18-10-12/h11-12,14H,3-10H2,1-2H3. The van der Waals surface area contributed by atoms with Crippen molar-refractivity contribution in [3.05, 3.63) is 0 Å². The highest BCUT2D eigenvalue weighted by Crippen LogP contribution is 2.13. The first-order valence-corrected chi connectivity index (χ1v) is 6.91. The van der Waals surface area contributed by atoms with Gasteiger partial charge >= 0.3 is 0 Å². The van der Waals surface area contributed by atoms with Crippen molar-refractivity contribution in [1.29, 1.82) is 0 Å². The van der Waals surface area contributed by atoms with Crippen LogP contribution in [-0.2, 0) is 9.53 Å². The Balaban J connectivity index is 1.66. The Labute approximate surface area is 109 Å². The Morgan fingerprint density at radius 2 is 2.00 bits per heavy atom. The van der Waals surface area contributed by atoms with E-state index in [4.69, 9.17) is 4.74 Å². The van der Waals surface area contributed by atoms with Gasteiger partial charge in [-0.15, -0.1) is 0 Å². The van der Waals surface area contributed by atoms with Gasteiger partial charge in [0, 0.05) is 45.9 Å². The summed E-state index contributed by atoms with van der Waals surface area (Å²) in [4.78, 5) is 15.5. The molecular weight excluding hydrogens is 230 g/mol. The Bertz CT molecular complexity index is 269. The molecule has 1 amide bonds. The highest BCUT2D eigenvalue weighted by atomic mass is 16.5. The van der Waals surface area contributed by atoms with Crippen LogP contribution in [0.4, 0.5) is 0 Å². The second kappa shape index (κ2) is 6.50. The lowest BCUT2D eigenvalue weighted by molar-refractivity contribution is -0.130. The first-order chi connectivity index (χ1) is 8.65. The van der Waals surface area contributed by atoms with Crippen LogP contribution < -0.4 is 5.32 Å². The molecule has 1 unspecified atom stereocenters. The van der Waals surface area contributed by atoms with E-state index in [9.17, 15) is 4.79 Å². The van der Waals surface area contributed by atoms with Gasteiger partial charge in [0.2, 0.25) is 5.91 Å². The van der Waals surface area contributed by atoms with E-state index in [1.807, 2.05) is 14.1 Å². The SMILES string of the molecule is CN(C)C(=O)CN1CCC(NC2CCOC2)CC1. The van der Waals surface area contributed by atoms with Crippen molar-refractivity contribution in [1.82, 2.24) is 15.1 Å². The van der Waals surface area contributed by atoms with Gasteiger partial charge in [-0.1, -0.05) is 0 Å². The van der Waals surface area contributed by atoms with Crippen LogP contribution in [0, 0.1) is 0 Å². The van der Waals surface area contributed by atoms with Crippen LogP contribution in [0.3, 0.4) is 0 Å². The zero-order valence-corrected chi connectivity index (χ0v) is 11.5. The Hall–Kier alpha value is -0.650. The zero-order chi connectivity index (χ0) is 13.0. The summed E-state index contributed by atoms with van der Waals surface area (Å²) in [7, 11) is 3.63. The monoisotopic (exact) mass is 255 g/mol. The lowest BCUT2D eigenvalue weighted by Crippen LogP contribution is -2.48. The molecule has 0 aromatic rings. The van der Waals surface area contributed by atoms with Gasteiger partial charge in [-0.25, -0.2) is 0 Å². The normalized spacial score (nSPS) is 26.4. The number of nitrogens with one attached hydrogen (secondary N) is 1. The fourth-order valence-corrected chi connectivity index (χ4v) is 2.59. The zero-order valence-electron chi connectivity index (χ0n) is 11.5. The van der Waals surface area contributed by atoms with Gasteiger partial charge < -0.3 is 15.0 Å². The molecule has 18 heavy (non-hydrogen) atoms. The molecule has 104 valence electrons. The van der Waals surface area contributed by atoms with Crippen molar-refractivity contribution in [2.24, 2.45) is 0 Å². The molecule has 1 N–H and O–H groups in total. The average Bonchev–Trinajstić information content (AvgIpc) is 2.84. The number of carbonyl (C=O) groups excluding carboxylic acids is 1. The van der Waals surface area contributed by atoms with Crippen LogP contribution in [0.5, 0.6) is 0 Å². The van der Waals surface area contributed by atoms with Crippen LogP contribution in [0.25, 0.3) is 0 Å². The van der Waals surface area contributed by atoms with E-state index in [0.717, 1.165) is 45.6 Å². The van der Waals surface area contributed by atoms with E-state index in [0.29, 0.717) is 18.6 Å². The molecule has 0 radical (unpaired) electrons. The fraction of sp³-hybridized carbons (Fsp3) is 0.923. The van der Waals surface area contributed by atoms with E-state index in [1.54, 1.807) is 4.90 Å². The molecular formula is C13H25N3O2. The summed E-state index contributed by atoms with van der Waals surface area (Å²) in [6, 6.07) is 1.15. The van der Waals surface area contributed by atoms with Crippen LogP contribution in [-0.4, -0.2) is 74.7 Å². The summed E-state index contributed by atoms with van der Waals surface area (Å²) < 4.78 is 5.38. The van der Waals surface area contributed by atoms with Crippen LogP contribution in [0.2, 0.25) is 0 Å². The summed E-state index contributed by atoms with van der Waals surface area (Å²) in [6.45, 7) is 4.36. The number of piperidine rings is 1. The molecule has 2 heterocycles. The predicted octanol–water partition coefficient (Wildman–Crippen LogP) is -0.0825. The van der Waals surface area contributed by atoms with Gasteiger partial charge in [0.15, 0.2) is 0 Å². The van der Waals surface area contributed by atoms with E-state index in [-0.39, 0.29) is 5.91 Å². The minimum absolute atomic E-state index is 0.200. The molecule has 0 aromatic carbocycles. The molecule has 2 aliphatic heterocycles. The van der Waals surface area contributed by atoms with E-state index in [1.165, 1.54) is 0 Å². The van der Waals surface area contributed by atoms with Gasteiger partial charge in [-0.3, -0.25) is 9.69 Å². The highest BCUT2D eigenvalue weighted by Gasteiger charge is 2.24. The third-order valence-corrected chi connectivity index (χ3v) is 3.85. The van der Waals surface area contributed by atoms with Crippen LogP contribution in [0.1, 0.15) is 19.3 Å². The van der Waals surface area contributed by atoms with Crippen molar-refractivity contribution in [2.75, 3.05) is 46.9 Å². The molecule has 0 spiro atoms. The van der Waals surface area contributed by atoms with Crippen molar-refractivity contribution in [3.63, 3.8) is 0 Å². The predicted molar refractivity (Wildman–Crippen MR) is 70.5 cm³/mol. The van der Waals surface area contributed by atoms with E-state index >= 15 is 0 Å².